The lowest BCUT2D eigenvalue weighted by Gasteiger charge is -2.28. The summed E-state index contributed by atoms with van der Waals surface area (Å²) in [4.78, 5) is 23.6. The summed E-state index contributed by atoms with van der Waals surface area (Å²) in [5.41, 5.74) is -1.57. The maximum absolute atomic E-state index is 12.1. The lowest BCUT2D eigenvalue weighted by atomic mass is 9.80. The van der Waals surface area contributed by atoms with E-state index in [1.165, 1.54) is 0 Å². The summed E-state index contributed by atoms with van der Waals surface area (Å²) >= 11 is 0. The Morgan fingerprint density at radius 2 is 2.00 bits per heavy atom. The summed E-state index contributed by atoms with van der Waals surface area (Å²) in [5.74, 6) is -1.24. The Labute approximate surface area is 114 Å². The largest absolute Gasteiger partial charge is 0.480 e. The summed E-state index contributed by atoms with van der Waals surface area (Å²) in [6.07, 6.45) is 2.49. The van der Waals surface area contributed by atoms with E-state index in [4.69, 9.17) is 9.47 Å². The van der Waals surface area contributed by atoms with Crippen molar-refractivity contribution in [2.75, 3.05) is 19.8 Å². The van der Waals surface area contributed by atoms with Crippen LogP contribution >= 0.6 is 0 Å². The van der Waals surface area contributed by atoms with E-state index in [-0.39, 0.29) is 25.6 Å². The van der Waals surface area contributed by atoms with Crippen molar-refractivity contribution in [2.24, 2.45) is 17.3 Å². The van der Waals surface area contributed by atoms with Gasteiger partial charge in [0.2, 0.25) is 0 Å². The van der Waals surface area contributed by atoms with E-state index in [1.54, 1.807) is 6.92 Å². The Kier molecular flexibility index (Phi) is 5.79. The minimum atomic E-state index is -1.57. The summed E-state index contributed by atoms with van der Waals surface area (Å²) in [6.45, 7) is 6.05. The van der Waals surface area contributed by atoms with Gasteiger partial charge in [-0.15, -0.1) is 0 Å². The van der Waals surface area contributed by atoms with Gasteiger partial charge in [0.25, 0.3) is 0 Å². The molecule has 1 N–H and O–H groups in total. The molecule has 0 spiro atoms. The molecule has 1 aliphatic carbocycles. The SMILES string of the molecule is CCOC(=O)C(COCC1CC1)(CC(C)C)C(=O)O. The van der Waals surface area contributed by atoms with E-state index in [9.17, 15) is 14.7 Å². The first kappa shape index (κ1) is 16.0. The highest BCUT2D eigenvalue weighted by molar-refractivity contribution is 5.99. The Morgan fingerprint density at radius 3 is 2.42 bits per heavy atom. The zero-order valence-corrected chi connectivity index (χ0v) is 12.0. The maximum Gasteiger partial charge on any atom is 0.325 e. The van der Waals surface area contributed by atoms with Crippen molar-refractivity contribution in [3.05, 3.63) is 0 Å². The fraction of sp³-hybridized carbons (Fsp3) is 0.857. The monoisotopic (exact) mass is 272 g/mol. The molecule has 1 unspecified atom stereocenters. The summed E-state index contributed by atoms with van der Waals surface area (Å²) in [7, 11) is 0. The molecule has 0 aromatic heterocycles. The third kappa shape index (κ3) is 4.49. The van der Waals surface area contributed by atoms with Crippen LogP contribution in [0, 0.1) is 17.3 Å². The third-order valence-electron chi connectivity index (χ3n) is 3.23. The molecule has 5 heteroatoms. The van der Waals surface area contributed by atoms with Crippen LogP contribution in [-0.4, -0.2) is 36.9 Å². The van der Waals surface area contributed by atoms with Crippen LogP contribution in [0.5, 0.6) is 0 Å². The van der Waals surface area contributed by atoms with E-state index in [1.807, 2.05) is 13.8 Å². The molecule has 1 saturated carbocycles. The summed E-state index contributed by atoms with van der Waals surface area (Å²) in [5, 5.41) is 9.47. The zero-order valence-electron chi connectivity index (χ0n) is 12.0. The minimum Gasteiger partial charge on any atom is -0.480 e. The molecule has 1 fully saturated rings. The number of rotatable bonds is 9. The molecule has 0 radical (unpaired) electrons. The predicted octanol–water partition coefficient (Wildman–Crippen LogP) is 2.09. The van der Waals surface area contributed by atoms with E-state index < -0.39 is 17.4 Å². The fourth-order valence-electron chi connectivity index (χ4n) is 2.09. The Hall–Kier alpha value is -1.10. The van der Waals surface area contributed by atoms with Gasteiger partial charge in [-0.25, -0.2) is 0 Å². The number of hydrogen-bond donors (Lipinski definition) is 1. The average Bonchev–Trinajstić information content (AvgIpc) is 3.11. The second-order valence-electron chi connectivity index (χ2n) is 5.66. The smallest absolute Gasteiger partial charge is 0.325 e. The third-order valence-corrected chi connectivity index (χ3v) is 3.23. The number of aliphatic carboxylic acids is 1. The highest BCUT2D eigenvalue weighted by atomic mass is 16.5. The van der Waals surface area contributed by atoms with Crippen LogP contribution in [0.25, 0.3) is 0 Å². The second kappa shape index (κ2) is 6.89. The number of carboxylic acids is 1. The van der Waals surface area contributed by atoms with E-state index in [0.717, 1.165) is 12.8 Å². The van der Waals surface area contributed by atoms with Crippen molar-refractivity contribution in [1.82, 2.24) is 0 Å². The molecule has 1 rings (SSSR count). The fourth-order valence-corrected chi connectivity index (χ4v) is 2.09. The van der Waals surface area contributed by atoms with Crippen LogP contribution in [0.15, 0.2) is 0 Å². The average molecular weight is 272 g/mol. The van der Waals surface area contributed by atoms with Crippen LogP contribution in [0.4, 0.5) is 0 Å². The van der Waals surface area contributed by atoms with Crippen molar-refractivity contribution >= 4 is 11.9 Å². The van der Waals surface area contributed by atoms with Gasteiger partial charge in [0.1, 0.15) is 0 Å². The van der Waals surface area contributed by atoms with Gasteiger partial charge in [-0.2, -0.15) is 0 Å². The quantitative estimate of drug-likeness (QED) is 0.514. The molecule has 1 atom stereocenters. The van der Waals surface area contributed by atoms with Crippen molar-refractivity contribution in [3.8, 4) is 0 Å². The molecule has 0 saturated heterocycles. The van der Waals surface area contributed by atoms with Crippen LogP contribution in [0.1, 0.15) is 40.0 Å². The minimum absolute atomic E-state index is 0.0741. The van der Waals surface area contributed by atoms with E-state index in [0.29, 0.717) is 12.5 Å². The van der Waals surface area contributed by atoms with Crippen LogP contribution < -0.4 is 0 Å². The van der Waals surface area contributed by atoms with Gasteiger partial charge in [-0.1, -0.05) is 13.8 Å². The first-order valence-electron chi connectivity index (χ1n) is 6.90. The van der Waals surface area contributed by atoms with Gasteiger partial charge in [0, 0.05) is 6.61 Å². The molecular weight excluding hydrogens is 248 g/mol. The van der Waals surface area contributed by atoms with Crippen LogP contribution in [0.3, 0.4) is 0 Å². The zero-order chi connectivity index (χ0) is 14.5. The van der Waals surface area contributed by atoms with E-state index in [2.05, 4.69) is 0 Å². The van der Waals surface area contributed by atoms with Crippen molar-refractivity contribution in [1.29, 1.82) is 0 Å². The van der Waals surface area contributed by atoms with Crippen molar-refractivity contribution in [2.45, 2.75) is 40.0 Å². The van der Waals surface area contributed by atoms with Gasteiger partial charge in [-0.3, -0.25) is 9.59 Å². The molecule has 0 heterocycles. The van der Waals surface area contributed by atoms with Crippen molar-refractivity contribution < 1.29 is 24.2 Å². The topological polar surface area (TPSA) is 72.8 Å². The molecule has 110 valence electrons. The second-order valence-corrected chi connectivity index (χ2v) is 5.66. The van der Waals surface area contributed by atoms with Crippen LogP contribution in [0.2, 0.25) is 0 Å². The number of ether oxygens (including phenoxy) is 2. The summed E-state index contributed by atoms with van der Waals surface area (Å²) < 4.78 is 10.4. The van der Waals surface area contributed by atoms with E-state index >= 15 is 0 Å². The van der Waals surface area contributed by atoms with Gasteiger partial charge in [-0.05, 0) is 38.0 Å². The first-order chi connectivity index (χ1) is 8.92. The lowest BCUT2D eigenvalue weighted by Crippen LogP contribution is -2.46. The molecule has 19 heavy (non-hydrogen) atoms. The lowest BCUT2D eigenvalue weighted by molar-refractivity contribution is -0.175. The van der Waals surface area contributed by atoms with Gasteiger partial charge in [0.05, 0.1) is 13.2 Å². The first-order valence-corrected chi connectivity index (χ1v) is 6.90. The number of carboxylic acid groups (broad SMARTS) is 1. The number of carbonyl (C=O) groups is 2. The van der Waals surface area contributed by atoms with Crippen molar-refractivity contribution in [3.63, 3.8) is 0 Å². The maximum atomic E-state index is 12.1. The van der Waals surface area contributed by atoms with Crippen LogP contribution in [-0.2, 0) is 19.1 Å². The normalized spacial score (nSPS) is 18.1. The van der Waals surface area contributed by atoms with Gasteiger partial charge in [0.15, 0.2) is 5.41 Å². The Bertz CT molecular complexity index is 322. The number of esters is 1. The molecule has 0 amide bonds. The number of hydrogen-bond acceptors (Lipinski definition) is 4. The standard InChI is InChI=1S/C14H24O5/c1-4-19-13(17)14(12(15)16,7-10(2)3)9-18-8-11-5-6-11/h10-11H,4-9H2,1-3H3,(H,15,16). The molecule has 0 aromatic rings. The van der Waals surface area contributed by atoms with Gasteiger partial charge >= 0.3 is 11.9 Å². The molecule has 0 aliphatic heterocycles. The number of carbonyl (C=O) groups excluding carboxylic acids is 1. The molecule has 1 aliphatic rings. The molecule has 0 aromatic carbocycles. The molecular formula is C14H24O5. The molecule has 0 bridgehead atoms. The van der Waals surface area contributed by atoms with Gasteiger partial charge < -0.3 is 14.6 Å². The Morgan fingerprint density at radius 1 is 1.37 bits per heavy atom. The highest BCUT2D eigenvalue weighted by Crippen LogP contribution is 2.32. The highest BCUT2D eigenvalue weighted by Gasteiger charge is 2.48. The molecule has 5 nitrogen and oxygen atoms in total. The Balaban J connectivity index is 2.75. The predicted molar refractivity (Wildman–Crippen MR) is 69.7 cm³/mol. The summed E-state index contributed by atoms with van der Waals surface area (Å²) in [6, 6.07) is 0.